The molecule has 0 aromatic carbocycles. The summed E-state index contributed by atoms with van der Waals surface area (Å²) in [5, 5.41) is 0. The molecule has 2 atom stereocenters. The van der Waals surface area contributed by atoms with Gasteiger partial charge in [-0.15, -0.1) is 0 Å². The Kier molecular flexibility index (Phi) is 12.2. The number of hydrogen-bond donors (Lipinski definition) is 0. The second-order valence-corrected chi connectivity index (χ2v) is 12.0. The van der Waals surface area contributed by atoms with Gasteiger partial charge in [-0.05, 0) is 98.3 Å². The van der Waals surface area contributed by atoms with Crippen molar-refractivity contribution in [3.8, 4) is 0 Å². The number of hydrogen-bond acceptors (Lipinski definition) is 2. The van der Waals surface area contributed by atoms with Gasteiger partial charge < -0.3 is 9.47 Å². The van der Waals surface area contributed by atoms with Crippen molar-refractivity contribution in [2.75, 3.05) is 13.2 Å². The van der Waals surface area contributed by atoms with Gasteiger partial charge in [-0.1, -0.05) is 73.3 Å². The van der Waals surface area contributed by atoms with Crippen LogP contribution >= 0.6 is 0 Å². The second-order valence-electron chi connectivity index (χ2n) is 12.0. The van der Waals surface area contributed by atoms with Crippen LogP contribution in [-0.2, 0) is 9.47 Å². The van der Waals surface area contributed by atoms with E-state index in [-0.39, 0.29) is 11.2 Å². The first-order chi connectivity index (χ1) is 15.6. The molecule has 2 heteroatoms. The first-order valence-electron chi connectivity index (χ1n) is 13.7. The number of unbranched alkanes of at least 4 members (excludes halogenated alkanes) is 6. The van der Waals surface area contributed by atoms with Gasteiger partial charge >= 0.3 is 0 Å². The Morgan fingerprint density at radius 3 is 1.36 bits per heavy atom. The van der Waals surface area contributed by atoms with E-state index in [1.165, 1.54) is 70.6 Å². The summed E-state index contributed by atoms with van der Waals surface area (Å²) in [6.07, 6.45) is 28.5. The Morgan fingerprint density at radius 2 is 0.970 bits per heavy atom. The molecule has 0 aromatic rings. The number of allylic oxidation sites excluding steroid dienone is 8. The van der Waals surface area contributed by atoms with E-state index in [1.54, 1.807) is 11.1 Å². The fraction of sp³-hybridized carbons (Fsp3) is 0.742. The van der Waals surface area contributed by atoms with Crippen LogP contribution in [-0.4, -0.2) is 24.4 Å². The summed E-state index contributed by atoms with van der Waals surface area (Å²) in [4.78, 5) is 0. The van der Waals surface area contributed by atoms with Gasteiger partial charge in [-0.25, -0.2) is 0 Å². The van der Waals surface area contributed by atoms with E-state index >= 15 is 0 Å². The molecule has 0 saturated heterocycles. The maximum Gasteiger partial charge on any atom is 0.0598 e. The molecule has 2 rings (SSSR count). The molecule has 0 radical (unpaired) electrons. The van der Waals surface area contributed by atoms with Crippen LogP contribution in [0.4, 0.5) is 0 Å². The third-order valence-corrected chi connectivity index (χ3v) is 6.31. The van der Waals surface area contributed by atoms with Crippen molar-refractivity contribution in [3.05, 3.63) is 47.6 Å². The third-order valence-electron chi connectivity index (χ3n) is 6.31. The molecular weight excluding hydrogens is 404 g/mol. The van der Waals surface area contributed by atoms with E-state index in [2.05, 4.69) is 78.0 Å². The lowest BCUT2D eigenvalue weighted by Gasteiger charge is -2.19. The molecule has 2 aliphatic carbocycles. The van der Waals surface area contributed by atoms with Gasteiger partial charge in [0.25, 0.3) is 0 Å². The Labute approximate surface area is 205 Å². The molecule has 188 valence electrons. The lowest BCUT2D eigenvalue weighted by atomic mass is 9.95. The van der Waals surface area contributed by atoms with Gasteiger partial charge in [0.05, 0.1) is 11.2 Å². The zero-order valence-corrected chi connectivity index (χ0v) is 22.6. The van der Waals surface area contributed by atoms with E-state index in [1.807, 2.05) is 0 Å². The van der Waals surface area contributed by atoms with Crippen molar-refractivity contribution in [3.63, 3.8) is 0 Å². The normalized spacial score (nSPS) is 20.5. The van der Waals surface area contributed by atoms with Crippen molar-refractivity contribution in [2.24, 2.45) is 11.8 Å². The standard InChI is InChI=1S/C31H52O2/c1-30(2,3)32-21-13-9-7-11-15-26-17-19-28(23-26)25-29-20-18-27(24-29)16-12-8-10-14-22-33-31(4,5)6/h17-20,23-24,28-29H,7-16,21-22,25H2,1-6H3. The predicted molar refractivity (Wildman–Crippen MR) is 144 cm³/mol. The molecule has 0 heterocycles. The Balaban J connectivity index is 1.51. The summed E-state index contributed by atoms with van der Waals surface area (Å²) in [5.74, 6) is 1.24. The average molecular weight is 457 g/mol. The topological polar surface area (TPSA) is 18.5 Å². The summed E-state index contributed by atoms with van der Waals surface area (Å²) in [5.41, 5.74) is 3.10. The van der Waals surface area contributed by atoms with Crippen molar-refractivity contribution >= 4 is 0 Å². The van der Waals surface area contributed by atoms with E-state index in [9.17, 15) is 0 Å². The van der Waals surface area contributed by atoms with Crippen LogP contribution in [0.5, 0.6) is 0 Å². The number of rotatable bonds is 16. The van der Waals surface area contributed by atoms with E-state index in [0.717, 1.165) is 13.2 Å². The van der Waals surface area contributed by atoms with Crippen LogP contribution in [0.1, 0.15) is 112 Å². The van der Waals surface area contributed by atoms with Gasteiger partial charge in [0.2, 0.25) is 0 Å². The van der Waals surface area contributed by atoms with Crippen molar-refractivity contribution in [1.82, 2.24) is 0 Å². The molecule has 2 nitrogen and oxygen atoms in total. The molecule has 0 fully saturated rings. The summed E-state index contributed by atoms with van der Waals surface area (Å²) >= 11 is 0. The highest BCUT2D eigenvalue weighted by molar-refractivity contribution is 5.32. The summed E-state index contributed by atoms with van der Waals surface area (Å²) in [7, 11) is 0. The summed E-state index contributed by atoms with van der Waals surface area (Å²) in [6, 6.07) is 0. The van der Waals surface area contributed by atoms with Gasteiger partial charge in [0, 0.05) is 13.2 Å². The second kappa shape index (κ2) is 14.3. The maximum absolute atomic E-state index is 5.81. The van der Waals surface area contributed by atoms with E-state index in [4.69, 9.17) is 9.47 Å². The van der Waals surface area contributed by atoms with Gasteiger partial charge in [0.15, 0.2) is 0 Å². The molecule has 0 aliphatic heterocycles. The Hall–Kier alpha value is -1.12. The highest BCUT2D eigenvalue weighted by atomic mass is 16.5. The minimum absolute atomic E-state index is 0.000493. The number of ether oxygens (including phenoxy) is 2. The lowest BCUT2D eigenvalue weighted by molar-refractivity contribution is -0.00510. The lowest BCUT2D eigenvalue weighted by Crippen LogP contribution is -2.19. The van der Waals surface area contributed by atoms with Gasteiger partial charge in [-0.2, -0.15) is 0 Å². The molecule has 2 aliphatic rings. The van der Waals surface area contributed by atoms with Crippen LogP contribution < -0.4 is 0 Å². The monoisotopic (exact) mass is 456 g/mol. The van der Waals surface area contributed by atoms with E-state index < -0.39 is 0 Å². The van der Waals surface area contributed by atoms with Crippen LogP contribution in [0.25, 0.3) is 0 Å². The zero-order chi connectivity index (χ0) is 24.2. The molecule has 33 heavy (non-hydrogen) atoms. The molecule has 0 N–H and O–H groups in total. The predicted octanol–water partition coefficient (Wildman–Crippen LogP) is 9.13. The average Bonchev–Trinajstić information content (AvgIpc) is 3.34. The smallest absolute Gasteiger partial charge is 0.0598 e. The molecule has 2 unspecified atom stereocenters. The SMILES string of the molecule is CC(C)(C)OCCCCCCC1=CC(CC2C=CC(CCCCCCOC(C)(C)C)=C2)C=C1. The van der Waals surface area contributed by atoms with Crippen molar-refractivity contribution in [1.29, 1.82) is 0 Å². The quantitative estimate of drug-likeness (QED) is 0.216. The molecule has 0 amide bonds. The van der Waals surface area contributed by atoms with Crippen LogP contribution in [0.2, 0.25) is 0 Å². The first-order valence-corrected chi connectivity index (χ1v) is 13.7. The minimum atomic E-state index is 0.000493. The molecule has 0 aromatic heterocycles. The molecule has 0 spiro atoms. The largest absolute Gasteiger partial charge is 0.376 e. The van der Waals surface area contributed by atoms with Crippen LogP contribution in [0.3, 0.4) is 0 Å². The molecule has 0 bridgehead atoms. The highest BCUT2D eigenvalue weighted by Gasteiger charge is 2.16. The van der Waals surface area contributed by atoms with Crippen molar-refractivity contribution < 1.29 is 9.47 Å². The molecular formula is C31H52O2. The van der Waals surface area contributed by atoms with Gasteiger partial charge in [-0.3, -0.25) is 0 Å². The van der Waals surface area contributed by atoms with Crippen LogP contribution in [0.15, 0.2) is 47.6 Å². The fourth-order valence-electron chi connectivity index (χ4n) is 4.53. The zero-order valence-electron chi connectivity index (χ0n) is 22.6. The highest BCUT2D eigenvalue weighted by Crippen LogP contribution is 2.31. The van der Waals surface area contributed by atoms with Crippen molar-refractivity contribution in [2.45, 2.75) is 123 Å². The Morgan fingerprint density at radius 1 is 0.576 bits per heavy atom. The summed E-state index contributed by atoms with van der Waals surface area (Å²) in [6.45, 7) is 14.6. The minimum Gasteiger partial charge on any atom is -0.376 e. The van der Waals surface area contributed by atoms with E-state index in [0.29, 0.717) is 11.8 Å². The first kappa shape index (κ1) is 28.1. The van der Waals surface area contributed by atoms with Crippen LogP contribution in [0, 0.1) is 11.8 Å². The maximum atomic E-state index is 5.81. The molecule has 0 saturated carbocycles. The summed E-state index contributed by atoms with van der Waals surface area (Å²) < 4.78 is 11.6. The Bertz CT molecular complexity index is 608. The van der Waals surface area contributed by atoms with Gasteiger partial charge in [0.1, 0.15) is 0 Å². The third kappa shape index (κ3) is 14.0. The fourth-order valence-corrected chi connectivity index (χ4v) is 4.53.